The first-order chi connectivity index (χ1) is 13.2. The number of carbonyl (C=O) groups is 2. The van der Waals surface area contributed by atoms with Gasteiger partial charge in [-0.2, -0.15) is 0 Å². The van der Waals surface area contributed by atoms with Gasteiger partial charge in [-0.3, -0.25) is 9.59 Å². The number of hydrogen-bond acceptors (Lipinski definition) is 3. The third-order valence-electron chi connectivity index (χ3n) is 4.91. The van der Waals surface area contributed by atoms with Gasteiger partial charge in [-0.05, 0) is 23.6 Å². The Bertz CT molecular complexity index is 1010. The molecule has 1 fully saturated rings. The number of rotatable bonds is 4. The summed E-state index contributed by atoms with van der Waals surface area (Å²) in [5.41, 5.74) is 1.52. The van der Waals surface area contributed by atoms with Crippen LogP contribution in [0.2, 0.25) is 0 Å². The molecule has 0 unspecified atom stereocenters. The molecule has 0 aliphatic carbocycles. The van der Waals surface area contributed by atoms with E-state index in [0.29, 0.717) is 12.3 Å². The van der Waals surface area contributed by atoms with E-state index in [0.717, 1.165) is 22.1 Å². The van der Waals surface area contributed by atoms with Gasteiger partial charge in [0.25, 0.3) is 0 Å². The molecule has 5 nitrogen and oxygen atoms in total. The van der Waals surface area contributed by atoms with Crippen LogP contribution in [0, 0.1) is 5.92 Å². The Kier molecular flexibility index (Phi) is 4.50. The number of nitrogens with zero attached hydrogens (tertiary/aromatic N) is 1. The van der Waals surface area contributed by atoms with Crippen molar-refractivity contribution in [3.05, 3.63) is 66.7 Å². The highest BCUT2D eigenvalue weighted by molar-refractivity contribution is 6.07. The molecule has 2 amide bonds. The third kappa shape index (κ3) is 3.36. The molecule has 3 aromatic rings. The summed E-state index contributed by atoms with van der Waals surface area (Å²) in [5.74, 6) is 0.109. The first kappa shape index (κ1) is 17.1. The van der Waals surface area contributed by atoms with E-state index in [2.05, 4.69) is 5.32 Å². The van der Waals surface area contributed by atoms with Crippen LogP contribution in [0.15, 0.2) is 66.7 Å². The maximum atomic E-state index is 12.8. The van der Waals surface area contributed by atoms with Crippen molar-refractivity contribution in [1.29, 1.82) is 0 Å². The normalized spacial score (nSPS) is 16.6. The minimum atomic E-state index is -0.386. The zero-order chi connectivity index (χ0) is 18.8. The molecule has 0 spiro atoms. The molecular formula is C22H20N2O3. The second kappa shape index (κ2) is 7.11. The summed E-state index contributed by atoms with van der Waals surface area (Å²) in [5, 5.41) is 5.05. The van der Waals surface area contributed by atoms with Crippen LogP contribution in [0.1, 0.15) is 6.42 Å². The standard InChI is InChI=1S/C22H20N2O3/c1-27-18-9-5-8-17(13-18)24-14-16(12-21(24)25)22(26)23-20-11-4-7-15-6-2-3-10-19(15)20/h2-11,13,16H,12,14H2,1H3,(H,23,26)/t16-/m1/s1. The lowest BCUT2D eigenvalue weighted by Crippen LogP contribution is -2.28. The van der Waals surface area contributed by atoms with Crippen LogP contribution < -0.4 is 15.0 Å². The van der Waals surface area contributed by atoms with Crippen LogP contribution in [-0.4, -0.2) is 25.5 Å². The second-order valence-corrected chi connectivity index (χ2v) is 6.62. The Hall–Kier alpha value is -3.34. The van der Waals surface area contributed by atoms with Gasteiger partial charge in [0.1, 0.15) is 5.75 Å². The second-order valence-electron chi connectivity index (χ2n) is 6.62. The summed E-state index contributed by atoms with van der Waals surface area (Å²) in [7, 11) is 1.59. The maximum absolute atomic E-state index is 12.8. The smallest absolute Gasteiger partial charge is 0.229 e. The van der Waals surface area contributed by atoms with Crippen LogP contribution in [0.5, 0.6) is 5.75 Å². The van der Waals surface area contributed by atoms with Crippen molar-refractivity contribution in [3.8, 4) is 5.75 Å². The van der Waals surface area contributed by atoms with E-state index in [9.17, 15) is 9.59 Å². The Morgan fingerprint density at radius 2 is 1.85 bits per heavy atom. The molecule has 1 N–H and O–H groups in total. The lowest BCUT2D eigenvalue weighted by atomic mass is 10.1. The lowest BCUT2D eigenvalue weighted by Gasteiger charge is -2.17. The molecule has 0 bridgehead atoms. The van der Waals surface area contributed by atoms with Crippen molar-refractivity contribution >= 4 is 34.0 Å². The molecule has 1 saturated heterocycles. The van der Waals surface area contributed by atoms with E-state index in [-0.39, 0.29) is 24.2 Å². The summed E-state index contributed by atoms with van der Waals surface area (Å²) >= 11 is 0. The SMILES string of the molecule is COc1cccc(N2C[C@H](C(=O)Nc3cccc4ccccc34)CC2=O)c1. The minimum absolute atomic E-state index is 0.0543. The number of anilines is 2. The molecule has 1 aliphatic heterocycles. The van der Waals surface area contributed by atoms with E-state index in [4.69, 9.17) is 4.74 Å². The first-order valence-corrected chi connectivity index (χ1v) is 8.89. The number of carbonyl (C=O) groups excluding carboxylic acids is 2. The fourth-order valence-electron chi connectivity index (χ4n) is 3.48. The van der Waals surface area contributed by atoms with Gasteiger partial charge in [0.2, 0.25) is 11.8 Å². The van der Waals surface area contributed by atoms with Crippen molar-refractivity contribution in [2.75, 3.05) is 23.9 Å². The summed E-state index contributed by atoms with van der Waals surface area (Å²) in [4.78, 5) is 26.9. The van der Waals surface area contributed by atoms with Crippen LogP contribution >= 0.6 is 0 Å². The molecule has 1 aliphatic rings. The average molecular weight is 360 g/mol. The highest BCUT2D eigenvalue weighted by Crippen LogP contribution is 2.29. The Balaban J connectivity index is 1.52. The number of hydrogen-bond donors (Lipinski definition) is 1. The van der Waals surface area contributed by atoms with Crippen molar-refractivity contribution in [2.45, 2.75) is 6.42 Å². The van der Waals surface area contributed by atoms with Gasteiger partial charge < -0.3 is 15.0 Å². The molecule has 4 rings (SSSR count). The molecule has 3 aromatic carbocycles. The van der Waals surface area contributed by atoms with E-state index >= 15 is 0 Å². The quantitative estimate of drug-likeness (QED) is 0.769. The number of benzene rings is 3. The molecule has 0 radical (unpaired) electrons. The third-order valence-corrected chi connectivity index (χ3v) is 4.91. The molecule has 27 heavy (non-hydrogen) atoms. The molecule has 0 aromatic heterocycles. The topological polar surface area (TPSA) is 58.6 Å². The molecule has 136 valence electrons. The monoisotopic (exact) mass is 360 g/mol. The number of amides is 2. The van der Waals surface area contributed by atoms with Gasteiger partial charge in [0.15, 0.2) is 0 Å². The van der Waals surface area contributed by atoms with Crippen molar-refractivity contribution < 1.29 is 14.3 Å². The summed E-state index contributed by atoms with van der Waals surface area (Å²) < 4.78 is 5.23. The van der Waals surface area contributed by atoms with Gasteiger partial charge in [-0.15, -0.1) is 0 Å². The predicted molar refractivity (Wildman–Crippen MR) is 106 cm³/mol. The molecular weight excluding hydrogens is 340 g/mol. The summed E-state index contributed by atoms with van der Waals surface area (Å²) in [6.45, 7) is 0.364. The first-order valence-electron chi connectivity index (χ1n) is 8.89. The van der Waals surface area contributed by atoms with Crippen molar-refractivity contribution in [2.24, 2.45) is 5.92 Å². The van der Waals surface area contributed by atoms with Crippen molar-refractivity contribution in [1.82, 2.24) is 0 Å². The molecule has 0 saturated carbocycles. The van der Waals surface area contributed by atoms with Crippen LogP contribution in [0.4, 0.5) is 11.4 Å². The van der Waals surface area contributed by atoms with Crippen LogP contribution in [0.25, 0.3) is 10.8 Å². The molecule has 1 heterocycles. The van der Waals surface area contributed by atoms with E-state index in [1.54, 1.807) is 12.0 Å². The van der Waals surface area contributed by atoms with E-state index < -0.39 is 0 Å². The highest BCUT2D eigenvalue weighted by Gasteiger charge is 2.35. The minimum Gasteiger partial charge on any atom is -0.497 e. The Morgan fingerprint density at radius 3 is 2.70 bits per heavy atom. The summed E-state index contributed by atoms with van der Waals surface area (Å²) in [6.07, 6.45) is 0.202. The number of nitrogens with one attached hydrogen (secondary N) is 1. The Morgan fingerprint density at radius 1 is 1.07 bits per heavy atom. The van der Waals surface area contributed by atoms with Crippen LogP contribution in [0.3, 0.4) is 0 Å². The fourth-order valence-corrected chi connectivity index (χ4v) is 3.48. The zero-order valence-corrected chi connectivity index (χ0v) is 15.0. The van der Waals surface area contributed by atoms with Gasteiger partial charge in [-0.25, -0.2) is 0 Å². The van der Waals surface area contributed by atoms with E-state index in [1.807, 2.05) is 66.7 Å². The number of ether oxygens (including phenoxy) is 1. The zero-order valence-electron chi connectivity index (χ0n) is 15.0. The number of methoxy groups -OCH3 is 1. The largest absolute Gasteiger partial charge is 0.497 e. The maximum Gasteiger partial charge on any atom is 0.229 e. The number of fused-ring (bicyclic) bond motifs is 1. The Labute approximate surface area is 157 Å². The fraction of sp³-hybridized carbons (Fsp3) is 0.182. The van der Waals surface area contributed by atoms with Gasteiger partial charge in [0, 0.05) is 35.8 Å². The predicted octanol–water partition coefficient (Wildman–Crippen LogP) is 3.84. The van der Waals surface area contributed by atoms with Crippen LogP contribution in [-0.2, 0) is 9.59 Å². The van der Waals surface area contributed by atoms with Crippen molar-refractivity contribution in [3.63, 3.8) is 0 Å². The average Bonchev–Trinajstić information content (AvgIpc) is 3.10. The van der Waals surface area contributed by atoms with Gasteiger partial charge in [-0.1, -0.05) is 42.5 Å². The highest BCUT2D eigenvalue weighted by atomic mass is 16.5. The van der Waals surface area contributed by atoms with Gasteiger partial charge >= 0.3 is 0 Å². The van der Waals surface area contributed by atoms with E-state index in [1.165, 1.54) is 0 Å². The molecule has 5 heteroatoms. The molecule has 1 atom stereocenters. The summed E-state index contributed by atoms with van der Waals surface area (Å²) in [6, 6.07) is 21.0. The van der Waals surface area contributed by atoms with Gasteiger partial charge in [0.05, 0.1) is 13.0 Å². The lowest BCUT2D eigenvalue weighted by molar-refractivity contribution is -0.122.